The third-order valence-electron chi connectivity index (χ3n) is 3.05. The molecule has 0 fully saturated rings. The number of unbranched alkanes of at least 4 members (excludes halogenated alkanes) is 1. The van der Waals surface area contributed by atoms with Gasteiger partial charge in [0, 0.05) is 0 Å². The Hall–Kier alpha value is -1.30. The maximum Gasteiger partial charge on any atom is -0.00914 e. The lowest BCUT2D eigenvalue weighted by molar-refractivity contribution is 0.784. The molecule has 0 aliphatic heterocycles. The number of aryl methyl sites for hydroxylation is 1. The van der Waals surface area contributed by atoms with Crippen LogP contribution in [0.1, 0.15) is 42.0 Å². The van der Waals surface area contributed by atoms with Gasteiger partial charge in [-0.3, -0.25) is 0 Å². The van der Waals surface area contributed by atoms with Crippen molar-refractivity contribution in [2.75, 3.05) is 0 Å². The van der Waals surface area contributed by atoms with E-state index in [9.17, 15) is 0 Å². The smallest absolute Gasteiger partial charge is 0.00914 e. The quantitative estimate of drug-likeness (QED) is 0.602. The fraction of sp³-hybridized carbons (Fsp3) is 0.375. The Morgan fingerprint density at radius 2 is 1.94 bits per heavy atom. The molecular formula is C16H22. The van der Waals surface area contributed by atoms with Crippen LogP contribution in [-0.2, 0) is 12.8 Å². The van der Waals surface area contributed by atoms with Gasteiger partial charge in [0.1, 0.15) is 0 Å². The first kappa shape index (κ1) is 12.8. The molecule has 16 heavy (non-hydrogen) atoms. The highest BCUT2D eigenvalue weighted by molar-refractivity contribution is 5.56. The van der Waals surface area contributed by atoms with E-state index in [-0.39, 0.29) is 0 Å². The lowest BCUT2D eigenvalue weighted by atomic mass is 9.91. The van der Waals surface area contributed by atoms with E-state index in [1.165, 1.54) is 41.5 Å². The van der Waals surface area contributed by atoms with Crippen molar-refractivity contribution in [1.82, 2.24) is 0 Å². The molecule has 0 spiro atoms. The van der Waals surface area contributed by atoms with Crippen LogP contribution in [0.3, 0.4) is 0 Å². The molecular weight excluding hydrogens is 192 g/mol. The molecule has 0 atom stereocenters. The summed E-state index contributed by atoms with van der Waals surface area (Å²) in [5, 5.41) is 0. The van der Waals surface area contributed by atoms with Gasteiger partial charge in [-0.15, -0.1) is 6.58 Å². The standard InChI is InChI=1S/C16H22/c1-5-8-10-15-13(4)11-12-14(7-3)16(15)9-6-2/h6-7,11-12H,2-3,5,8-10H2,1,4H3. The highest BCUT2D eigenvalue weighted by atomic mass is 14.1. The maximum absolute atomic E-state index is 3.89. The third-order valence-corrected chi connectivity index (χ3v) is 3.05. The largest absolute Gasteiger partial charge is 0.103 e. The van der Waals surface area contributed by atoms with Gasteiger partial charge in [-0.1, -0.05) is 44.2 Å². The Morgan fingerprint density at radius 1 is 1.19 bits per heavy atom. The first-order valence-corrected chi connectivity index (χ1v) is 6.09. The van der Waals surface area contributed by atoms with Crippen LogP contribution in [0.25, 0.3) is 6.08 Å². The molecule has 1 rings (SSSR count). The van der Waals surface area contributed by atoms with Crippen molar-refractivity contribution in [2.24, 2.45) is 0 Å². The molecule has 1 aromatic rings. The van der Waals surface area contributed by atoms with Crippen LogP contribution in [0.4, 0.5) is 0 Å². The first-order valence-electron chi connectivity index (χ1n) is 6.09. The van der Waals surface area contributed by atoms with E-state index in [2.05, 4.69) is 39.1 Å². The molecule has 0 bridgehead atoms. The van der Waals surface area contributed by atoms with Gasteiger partial charge < -0.3 is 0 Å². The van der Waals surface area contributed by atoms with Crippen molar-refractivity contribution in [3.05, 3.63) is 53.6 Å². The van der Waals surface area contributed by atoms with Crippen LogP contribution in [0, 0.1) is 6.92 Å². The van der Waals surface area contributed by atoms with E-state index < -0.39 is 0 Å². The van der Waals surface area contributed by atoms with E-state index in [0.717, 1.165) is 6.42 Å². The van der Waals surface area contributed by atoms with Gasteiger partial charge in [-0.2, -0.15) is 0 Å². The number of rotatable bonds is 6. The minimum Gasteiger partial charge on any atom is -0.103 e. The highest BCUT2D eigenvalue weighted by Gasteiger charge is 2.07. The zero-order chi connectivity index (χ0) is 12.0. The van der Waals surface area contributed by atoms with Crippen LogP contribution in [0.2, 0.25) is 0 Å². The van der Waals surface area contributed by atoms with Crippen molar-refractivity contribution < 1.29 is 0 Å². The maximum atomic E-state index is 3.89. The van der Waals surface area contributed by atoms with Gasteiger partial charge >= 0.3 is 0 Å². The molecule has 0 aromatic heterocycles. The van der Waals surface area contributed by atoms with Crippen LogP contribution in [-0.4, -0.2) is 0 Å². The molecule has 1 aromatic carbocycles. The van der Waals surface area contributed by atoms with Crippen molar-refractivity contribution in [2.45, 2.75) is 39.5 Å². The predicted octanol–water partition coefficient (Wildman–Crippen LogP) is 4.71. The molecule has 0 nitrogen and oxygen atoms in total. The summed E-state index contributed by atoms with van der Waals surface area (Å²) in [7, 11) is 0. The van der Waals surface area contributed by atoms with Crippen molar-refractivity contribution in [1.29, 1.82) is 0 Å². The van der Waals surface area contributed by atoms with Gasteiger partial charge in [0.05, 0.1) is 0 Å². The second-order valence-electron chi connectivity index (χ2n) is 4.23. The Bertz CT molecular complexity index is 372. The summed E-state index contributed by atoms with van der Waals surface area (Å²) in [5.41, 5.74) is 5.57. The van der Waals surface area contributed by atoms with E-state index >= 15 is 0 Å². The lowest BCUT2D eigenvalue weighted by Crippen LogP contribution is -2.00. The second-order valence-corrected chi connectivity index (χ2v) is 4.23. The lowest BCUT2D eigenvalue weighted by Gasteiger charge is -2.14. The van der Waals surface area contributed by atoms with Crippen molar-refractivity contribution in [3.8, 4) is 0 Å². The SMILES string of the molecule is C=CCc1c(C=C)ccc(C)c1CCCC. The summed E-state index contributed by atoms with van der Waals surface area (Å²) in [6.07, 6.45) is 8.55. The van der Waals surface area contributed by atoms with E-state index in [1.807, 2.05) is 12.2 Å². The Balaban J connectivity index is 3.17. The molecule has 0 unspecified atom stereocenters. The summed E-state index contributed by atoms with van der Waals surface area (Å²) in [5.74, 6) is 0. The summed E-state index contributed by atoms with van der Waals surface area (Å²) in [6, 6.07) is 4.37. The zero-order valence-electron chi connectivity index (χ0n) is 10.6. The molecule has 0 N–H and O–H groups in total. The molecule has 0 heterocycles. The minimum atomic E-state index is 0.947. The minimum absolute atomic E-state index is 0.947. The highest BCUT2D eigenvalue weighted by Crippen LogP contribution is 2.23. The molecule has 0 saturated heterocycles. The molecule has 86 valence electrons. The molecule has 0 saturated carbocycles. The Morgan fingerprint density at radius 3 is 2.50 bits per heavy atom. The van der Waals surface area contributed by atoms with Gasteiger partial charge in [0.15, 0.2) is 0 Å². The van der Waals surface area contributed by atoms with E-state index in [0.29, 0.717) is 0 Å². The molecule has 0 heteroatoms. The normalized spacial score (nSPS) is 10.1. The first-order chi connectivity index (χ1) is 7.74. The Kier molecular flexibility index (Phi) is 5.04. The Labute approximate surface area is 99.7 Å². The summed E-state index contributed by atoms with van der Waals surface area (Å²) in [6.45, 7) is 12.2. The van der Waals surface area contributed by atoms with Crippen molar-refractivity contribution in [3.63, 3.8) is 0 Å². The van der Waals surface area contributed by atoms with Crippen molar-refractivity contribution >= 4 is 6.08 Å². The van der Waals surface area contributed by atoms with Crippen LogP contribution >= 0.6 is 0 Å². The average molecular weight is 214 g/mol. The second kappa shape index (κ2) is 6.32. The van der Waals surface area contributed by atoms with E-state index in [4.69, 9.17) is 0 Å². The van der Waals surface area contributed by atoms with Crippen LogP contribution in [0.5, 0.6) is 0 Å². The fourth-order valence-corrected chi connectivity index (χ4v) is 2.11. The average Bonchev–Trinajstić information content (AvgIpc) is 2.29. The monoisotopic (exact) mass is 214 g/mol. The molecule has 0 aliphatic carbocycles. The molecule has 0 amide bonds. The van der Waals surface area contributed by atoms with E-state index in [1.54, 1.807) is 0 Å². The number of benzene rings is 1. The summed E-state index contributed by atoms with van der Waals surface area (Å²) < 4.78 is 0. The molecule has 0 radical (unpaired) electrons. The van der Waals surface area contributed by atoms with Crippen LogP contribution < -0.4 is 0 Å². The van der Waals surface area contributed by atoms with Gasteiger partial charge in [0.2, 0.25) is 0 Å². The molecule has 0 aliphatic rings. The number of allylic oxidation sites excluding steroid dienone is 1. The van der Waals surface area contributed by atoms with Crippen LogP contribution in [0.15, 0.2) is 31.4 Å². The third kappa shape index (κ3) is 2.85. The predicted molar refractivity (Wildman–Crippen MR) is 73.8 cm³/mol. The van der Waals surface area contributed by atoms with Gasteiger partial charge in [0.25, 0.3) is 0 Å². The summed E-state index contributed by atoms with van der Waals surface area (Å²) in [4.78, 5) is 0. The number of hydrogen-bond acceptors (Lipinski definition) is 0. The summed E-state index contributed by atoms with van der Waals surface area (Å²) >= 11 is 0. The topological polar surface area (TPSA) is 0 Å². The van der Waals surface area contributed by atoms with Gasteiger partial charge in [-0.25, -0.2) is 0 Å². The van der Waals surface area contributed by atoms with Gasteiger partial charge in [-0.05, 0) is 48.4 Å². The zero-order valence-corrected chi connectivity index (χ0v) is 10.6. The fourth-order valence-electron chi connectivity index (χ4n) is 2.11. The number of hydrogen-bond donors (Lipinski definition) is 0.